The molecule has 4 rings (SSSR count). The highest BCUT2D eigenvalue weighted by Crippen LogP contribution is 2.24. The zero-order valence-corrected chi connectivity index (χ0v) is 21.3. The van der Waals surface area contributed by atoms with Crippen molar-refractivity contribution in [1.82, 2.24) is 5.32 Å². The van der Waals surface area contributed by atoms with E-state index >= 15 is 0 Å². The van der Waals surface area contributed by atoms with Gasteiger partial charge in [0.2, 0.25) is 0 Å². The lowest BCUT2D eigenvalue weighted by Gasteiger charge is -2.15. The zero-order chi connectivity index (χ0) is 26.4. The lowest BCUT2D eigenvalue weighted by molar-refractivity contribution is 0.0951. The molecule has 2 amide bonds. The maximum atomic E-state index is 13.2. The quantitative estimate of drug-likeness (QED) is 0.298. The largest absolute Gasteiger partial charge is 0.348 e. The normalized spacial score (nSPS) is 11.0. The fourth-order valence-corrected chi connectivity index (χ4v) is 4.89. The van der Waals surface area contributed by atoms with Gasteiger partial charge in [-0.05, 0) is 61.4 Å². The number of sulfonamides is 1. The molecule has 0 atom stereocenters. The Morgan fingerprint density at radius 1 is 0.676 bits per heavy atom. The lowest BCUT2D eigenvalue weighted by atomic mass is 10.1. The Hall–Kier alpha value is -4.43. The highest BCUT2D eigenvalue weighted by Gasteiger charge is 2.19. The summed E-state index contributed by atoms with van der Waals surface area (Å²) in [6.45, 7) is 3.89. The summed E-state index contributed by atoms with van der Waals surface area (Å²) >= 11 is 0. The van der Waals surface area contributed by atoms with Crippen LogP contribution >= 0.6 is 0 Å². The summed E-state index contributed by atoms with van der Waals surface area (Å²) < 4.78 is 28.3. The van der Waals surface area contributed by atoms with E-state index in [1.807, 2.05) is 37.3 Å². The fourth-order valence-electron chi connectivity index (χ4n) is 3.77. The second-order valence-electron chi connectivity index (χ2n) is 8.56. The van der Waals surface area contributed by atoms with Gasteiger partial charge in [-0.2, -0.15) is 0 Å². The minimum atomic E-state index is -3.84. The number of hydrogen-bond donors (Lipinski definition) is 3. The van der Waals surface area contributed by atoms with E-state index in [0.29, 0.717) is 29.0 Å². The van der Waals surface area contributed by atoms with Crippen LogP contribution in [0.3, 0.4) is 0 Å². The van der Waals surface area contributed by atoms with Crippen molar-refractivity contribution in [3.8, 4) is 0 Å². The number of hydrogen-bond acceptors (Lipinski definition) is 4. The Balaban J connectivity index is 1.52. The van der Waals surface area contributed by atoms with Gasteiger partial charge in [0, 0.05) is 12.1 Å². The summed E-state index contributed by atoms with van der Waals surface area (Å²) in [4.78, 5) is 26.2. The number of rotatable bonds is 8. The van der Waals surface area contributed by atoms with Crippen molar-refractivity contribution < 1.29 is 18.0 Å². The van der Waals surface area contributed by atoms with Crippen molar-refractivity contribution in [2.24, 2.45) is 0 Å². The molecule has 8 heteroatoms. The van der Waals surface area contributed by atoms with Crippen molar-refractivity contribution in [2.75, 3.05) is 10.0 Å². The molecule has 0 aliphatic rings. The van der Waals surface area contributed by atoms with Crippen LogP contribution in [-0.4, -0.2) is 20.2 Å². The Bertz CT molecular complexity index is 1530. The predicted molar refractivity (Wildman–Crippen MR) is 145 cm³/mol. The van der Waals surface area contributed by atoms with E-state index in [0.717, 1.165) is 11.1 Å². The smallest absolute Gasteiger partial charge is 0.261 e. The molecule has 4 aromatic carbocycles. The van der Waals surface area contributed by atoms with Gasteiger partial charge in [-0.15, -0.1) is 0 Å². The van der Waals surface area contributed by atoms with Gasteiger partial charge in [-0.1, -0.05) is 66.2 Å². The first-order valence-electron chi connectivity index (χ1n) is 11.7. The van der Waals surface area contributed by atoms with E-state index in [-0.39, 0.29) is 16.4 Å². The Labute approximate surface area is 216 Å². The van der Waals surface area contributed by atoms with Crippen LogP contribution in [-0.2, 0) is 16.6 Å². The average molecular weight is 514 g/mol. The van der Waals surface area contributed by atoms with Gasteiger partial charge in [0.05, 0.1) is 21.8 Å². The SMILES string of the molecule is Cc1ccc(S(=O)(=O)Nc2cccc(C(=O)Nc3ccccc3C(=O)NCc3ccccc3)c2C)cc1. The van der Waals surface area contributed by atoms with Crippen LogP contribution in [0, 0.1) is 13.8 Å². The second-order valence-corrected chi connectivity index (χ2v) is 10.2. The van der Waals surface area contributed by atoms with Crippen LogP contribution < -0.4 is 15.4 Å². The molecule has 0 spiro atoms. The lowest BCUT2D eigenvalue weighted by Crippen LogP contribution is -2.25. The zero-order valence-electron chi connectivity index (χ0n) is 20.5. The first-order chi connectivity index (χ1) is 17.7. The van der Waals surface area contributed by atoms with Gasteiger partial charge in [-0.3, -0.25) is 14.3 Å². The molecule has 7 nitrogen and oxygen atoms in total. The molecule has 37 heavy (non-hydrogen) atoms. The third kappa shape index (κ3) is 6.23. The van der Waals surface area contributed by atoms with Gasteiger partial charge < -0.3 is 10.6 Å². The van der Waals surface area contributed by atoms with Gasteiger partial charge >= 0.3 is 0 Å². The van der Waals surface area contributed by atoms with Gasteiger partial charge in [0.25, 0.3) is 21.8 Å². The molecule has 0 unspecified atom stereocenters. The molecule has 0 aliphatic carbocycles. The molecular formula is C29H27N3O4S. The van der Waals surface area contributed by atoms with E-state index < -0.39 is 15.9 Å². The molecule has 0 radical (unpaired) electrons. The molecule has 0 heterocycles. The van der Waals surface area contributed by atoms with E-state index in [1.165, 1.54) is 12.1 Å². The van der Waals surface area contributed by atoms with Gasteiger partial charge in [0.1, 0.15) is 0 Å². The Kier molecular flexibility index (Phi) is 7.69. The van der Waals surface area contributed by atoms with E-state index in [2.05, 4.69) is 15.4 Å². The highest BCUT2D eigenvalue weighted by atomic mass is 32.2. The van der Waals surface area contributed by atoms with Crippen LogP contribution in [0.15, 0.2) is 102 Å². The van der Waals surface area contributed by atoms with Crippen LogP contribution in [0.5, 0.6) is 0 Å². The maximum Gasteiger partial charge on any atom is 0.261 e. The van der Waals surface area contributed by atoms with E-state index in [1.54, 1.807) is 61.5 Å². The number of nitrogens with one attached hydrogen (secondary N) is 3. The van der Waals surface area contributed by atoms with Crippen molar-refractivity contribution in [2.45, 2.75) is 25.3 Å². The summed E-state index contributed by atoms with van der Waals surface area (Å²) in [5, 5.41) is 5.66. The summed E-state index contributed by atoms with van der Waals surface area (Å²) in [5.74, 6) is -0.784. The third-order valence-corrected chi connectivity index (χ3v) is 7.25. The molecule has 0 bridgehead atoms. The predicted octanol–water partition coefficient (Wildman–Crippen LogP) is 5.29. The average Bonchev–Trinajstić information content (AvgIpc) is 2.89. The molecule has 0 saturated carbocycles. The second kappa shape index (κ2) is 11.1. The number of carbonyl (C=O) groups excluding carboxylic acids is 2. The molecular weight excluding hydrogens is 486 g/mol. The van der Waals surface area contributed by atoms with E-state index in [4.69, 9.17) is 0 Å². The highest BCUT2D eigenvalue weighted by molar-refractivity contribution is 7.92. The number of anilines is 2. The minimum absolute atomic E-state index is 0.128. The van der Waals surface area contributed by atoms with Crippen LogP contribution in [0.2, 0.25) is 0 Å². The topological polar surface area (TPSA) is 104 Å². The van der Waals surface area contributed by atoms with Crippen molar-refractivity contribution in [3.05, 3.63) is 125 Å². The molecule has 0 saturated heterocycles. The first-order valence-corrected chi connectivity index (χ1v) is 13.1. The standard InChI is InChI=1S/C29H27N3O4S/c1-20-15-17-23(18-16-20)37(35,36)32-26-14-8-12-24(21(26)2)29(34)31-27-13-7-6-11-25(27)28(33)30-19-22-9-4-3-5-10-22/h3-18,32H,19H2,1-2H3,(H,30,33)(H,31,34). The minimum Gasteiger partial charge on any atom is -0.348 e. The van der Waals surface area contributed by atoms with Crippen LogP contribution in [0.1, 0.15) is 37.4 Å². The molecule has 4 aromatic rings. The summed E-state index contributed by atoms with van der Waals surface area (Å²) in [6, 6.07) is 27.6. The summed E-state index contributed by atoms with van der Waals surface area (Å²) in [5.41, 5.74) is 3.61. The van der Waals surface area contributed by atoms with Crippen LogP contribution in [0.4, 0.5) is 11.4 Å². The summed E-state index contributed by atoms with van der Waals surface area (Å²) in [6.07, 6.45) is 0. The maximum absolute atomic E-state index is 13.2. The van der Waals surface area contributed by atoms with Crippen LogP contribution in [0.25, 0.3) is 0 Å². The third-order valence-electron chi connectivity index (χ3n) is 5.87. The molecule has 188 valence electrons. The molecule has 3 N–H and O–H groups in total. The number of carbonyl (C=O) groups is 2. The number of para-hydroxylation sites is 1. The van der Waals surface area contributed by atoms with Gasteiger partial charge in [-0.25, -0.2) is 8.42 Å². The van der Waals surface area contributed by atoms with Crippen molar-refractivity contribution in [1.29, 1.82) is 0 Å². The molecule has 0 aromatic heterocycles. The Morgan fingerprint density at radius 3 is 2.03 bits per heavy atom. The first kappa shape index (κ1) is 25.7. The molecule has 0 aliphatic heterocycles. The number of amides is 2. The fraction of sp³-hybridized carbons (Fsp3) is 0.103. The molecule has 0 fully saturated rings. The summed E-state index contributed by atoms with van der Waals surface area (Å²) in [7, 11) is -3.84. The van der Waals surface area contributed by atoms with Crippen molar-refractivity contribution in [3.63, 3.8) is 0 Å². The number of benzene rings is 4. The number of aryl methyl sites for hydroxylation is 1. The Morgan fingerprint density at radius 2 is 1.30 bits per heavy atom. The monoisotopic (exact) mass is 513 g/mol. The van der Waals surface area contributed by atoms with E-state index in [9.17, 15) is 18.0 Å². The van der Waals surface area contributed by atoms with Gasteiger partial charge in [0.15, 0.2) is 0 Å². The van der Waals surface area contributed by atoms with Crippen molar-refractivity contribution >= 4 is 33.2 Å².